The van der Waals surface area contributed by atoms with E-state index in [1.54, 1.807) is 0 Å². The summed E-state index contributed by atoms with van der Waals surface area (Å²) in [6.45, 7) is 4.08. The lowest BCUT2D eigenvalue weighted by Crippen LogP contribution is -2.46. The van der Waals surface area contributed by atoms with E-state index in [-0.39, 0.29) is 12.1 Å². The average Bonchev–Trinajstić information content (AvgIpc) is 3.51. The van der Waals surface area contributed by atoms with Crippen LogP contribution in [0.1, 0.15) is 25.7 Å². The summed E-state index contributed by atoms with van der Waals surface area (Å²) in [5.74, 6) is 2.36. The highest BCUT2D eigenvalue weighted by atomic mass is 16.6. The van der Waals surface area contributed by atoms with E-state index in [0.717, 1.165) is 56.8 Å². The van der Waals surface area contributed by atoms with Crippen LogP contribution >= 0.6 is 0 Å². The number of nitrogens with one attached hydrogen (secondary N) is 2. The van der Waals surface area contributed by atoms with Gasteiger partial charge in [0.2, 0.25) is 5.96 Å². The lowest BCUT2D eigenvalue weighted by Gasteiger charge is -2.36. The van der Waals surface area contributed by atoms with Gasteiger partial charge in [-0.2, -0.15) is 5.26 Å². The normalized spacial score (nSPS) is 22.7. The monoisotopic (exact) mass is 369 g/mol. The van der Waals surface area contributed by atoms with Gasteiger partial charge in [0.05, 0.1) is 0 Å². The highest BCUT2D eigenvalue weighted by Crippen LogP contribution is 2.31. The van der Waals surface area contributed by atoms with Crippen molar-refractivity contribution in [3.05, 3.63) is 24.3 Å². The molecule has 0 spiro atoms. The van der Waals surface area contributed by atoms with Gasteiger partial charge in [0.15, 0.2) is 17.7 Å². The minimum Gasteiger partial charge on any atom is -0.486 e. The van der Waals surface area contributed by atoms with Crippen LogP contribution in [0.3, 0.4) is 0 Å². The zero-order valence-corrected chi connectivity index (χ0v) is 15.6. The number of nitriles is 1. The van der Waals surface area contributed by atoms with Crippen LogP contribution in [-0.2, 0) is 0 Å². The number of rotatable bonds is 5. The van der Waals surface area contributed by atoms with Gasteiger partial charge < -0.3 is 14.8 Å². The van der Waals surface area contributed by atoms with Crippen molar-refractivity contribution < 1.29 is 9.47 Å². The molecule has 1 saturated carbocycles. The summed E-state index contributed by atoms with van der Waals surface area (Å²) in [6, 6.07) is 8.21. The topological polar surface area (TPSA) is 84.6 Å². The first-order valence-corrected chi connectivity index (χ1v) is 9.84. The Hall–Kier alpha value is -2.46. The molecule has 1 aromatic carbocycles. The first-order chi connectivity index (χ1) is 13.2. The molecule has 0 amide bonds. The zero-order chi connectivity index (χ0) is 18.6. The Labute approximate surface area is 160 Å². The van der Waals surface area contributed by atoms with E-state index in [4.69, 9.17) is 14.9 Å². The number of ether oxygens (including phenoxy) is 2. The van der Waals surface area contributed by atoms with E-state index in [9.17, 15) is 5.26 Å². The molecule has 27 heavy (non-hydrogen) atoms. The Kier molecular flexibility index (Phi) is 5.35. The molecule has 2 fully saturated rings. The summed E-state index contributed by atoms with van der Waals surface area (Å²) in [7, 11) is 0. The zero-order valence-electron chi connectivity index (χ0n) is 15.6. The van der Waals surface area contributed by atoms with Gasteiger partial charge in [0.1, 0.15) is 12.7 Å². The Morgan fingerprint density at radius 2 is 1.96 bits per heavy atom. The number of guanidine groups is 1. The predicted octanol–water partition coefficient (Wildman–Crippen LogP) is 2.01. The summed E-state index contributed by atoms with van der Waals surface area (Å²) in [6.07, 6.45) is 6.52. The van der Waals surface area contributed by atoms with Crippen LogP contribution in [0, 0.1) is 22.8 Å². The van der Waals surface area contributed by atoms with Gasteiger partial charge in [-0.15, -0.1) is 0 Å². The molecule has 1 aromatic rings. The van der Waals surface area contributed by atoms with E-state index in [1.165, 1.54) is 4.90 Å². The van der Waals surface area contributed by atoms with Crippen molar-refractivity contribution in [1.82, 2.24) is 15.1 Å². The fraction of sp³-hybridized carbons (Fsp3) is 0.600. The van der Waals surface area contributed by atoms with Gasteiger partial charge in [0.25, 0.3) is 0 Å². The summed E-state index contributed by atoms with van der Waals surface area (Å²) >= 11 is 0. The van der Waals surface area contributed by atoms with Crippen LogP contribution in [-0.4, -0.2) is 60.7 Å². The molecule has 2 aliphatic heterocycles. The quantitative estimate of drug-likeness (QED) is 0.357. The highest BCUT2D eigenvalue weighted by molar-refractivity contribution is 5.78. The van der Waals surface area contributed by atoms with Crippen LogP contribution in [0.15, 0.2) is 24.3 Å². The molecule has 144 valence electrons. The third-order valence-electron chi connectivity index (χ3n) is 5.49. The molecule has 0 aromatic heterocycles. The Bertz CT molecular complexity index is 707. The van der Waals surface area contributed by atoms with E-state index in [1.807, 2.05) is 24.3 Å². The summed E-state index contributed by atoms with van der Waals surface area (Å²) < 4.78 is 11.9. The van der Waals surface area contributed by atoms with Gasteiger partial charge in [0, 0.05) is 19.1 Å². The van der Waals surface area contributed by atoms with Gasteiger partial charge in [-0.3, -0.25) is 10.3 Å². The number of para-hydroxylation sites is 2. The van der Waals surface area contributed by atoms with E-state index >= 15 is 0 Å². The smallest absolute Gasteiger partial charge is 0.204 e. The first-order valence-electron chi connectivity index (χ1n) is 9.84. The molecule has 1 atom stereocenters. The largest absolute Gasteiger partial charge is 0.486 e. The molecular weight excluding hydrogens is 342 g/mol. The van der Waals surface area contributed by atoms with Gasteiger partial charge >= 0.3 is 0 Å². The molecule has 1 saturated heterocycles. The molecule has 1 unspecified atom stereocenters. The van der Waals surface area contributed by atoms with Crippen LogP contribution < -0.4 is 14.8 Å². The first kappa shape index (κ1) is 17.9. The van der Waals surface area contributed by atoms with E-state index in [2.05, 4.69) is 16.4 Å². The number of fused-ring (bicyclic) bond motifs is 1. The number of piperidine rings is 1. The number of likely N-dealkylation sites (tertiary alicyclic amines) is 1. The Morgan fingerprint density at radius 1 is 1.22 bits per heavy atom. The number of benzene rings is 1. The third kappa shape index (κ3) is 4.64. The Morgan fingerprint density at radius 3 is 2.67 bits per heavy atom. The lowest BCUT2D eigenvalue weighted by atomic mass is 9.96. The van der Waals surface area contributed by atoms with Crippen molar-refractivity contribution in [3.63, 3.8) is 0 Å². The van der Waals surface area contributed by atoms with Crippen LogP contribution in [0.4, 0.5) is 0 Å². The summed E-state index contributed by atoms with van der Waals surface area (Å²) in [5, 5.41) is 20.5. The predicted molar refractivity (Wildman–Crippen MR) is 102 cm³/mol. The second kappa shape index (κ2) is 8.05. The Balaban J connectivity index is 1.21. The van der Waals surface area contributed by atoms with Crippen LogP contribution in [0.2, 0.25) is 0 Å². The average molecular weight is 369 g/mol. The van der Waals surface area contributed by atoms with Gasteiger partial charge in [-0.25, -0.2) is 4.90 Å². The minimum absolute atomic E-state index is 0.0583. The molecule has 7 heteroatoms. The van der Waals surface area contributed by atoms with Crippen molar-refractivity contribution in [3.8, 4) is 17.7 Å². The molecule has 1 aliphatic carbocycles. The maximum absolute atomic E-state index is 9.36. The minimum atomic E-state index is 0.0583. The second-order valence-corrected chi connectivity index (χ2v) is 7.72. The van der Waals surface area contributed by atoms with Crippen molar-refractivity contribution >= 4 is 5.96 Å². The fourth-order valence-corrected chi connectivity index (χ4v) is 3.73. The van der Waals surface area contributed by atoms with E-state index in [0.29, 0.717) is 25.1 Å². The molecule has 3 aliphatic rings. The van der Waals surface area contributed by atoms with Gasteiger partial charge in [-0.05, 0) is 56.8 Å². The molecule has 2 N–H and O–H groups in total. The van der Waals surface area contributed by atoms with Crippen molar-refractivity contribution in [2.24, 2.45) is 5.92 Å². The summed E-state index contributed by atoms with van der Waals surface area (Å²) in [4.78, 5) is 3.93. The molecule has 0 bridgehead atoms. The van der Waals surface area contributed by atoms with Crippen molar-refractivity contribution in [2.75, 3.05) is 32.8 Å². The standard InChI is InChI=1S/C20H27N5O2/c21-14-25(20(22)23-16-5-6-16)11-15-7-9-24(10-8-15)12-17-13-26-18-3-1-2-4-19(18)27-17/h1-4,15-17H,5-13H2,(H2,22,23). The molecule has 7 nitrogen and oxygen atoms in total. The number of hydrogen-bond acceptors (Lipinski definition) is 5. The SMILES string of the molecule is N#CN(CC1CCN(CC2COc3ccccc3O2)CC1)C(=N)NC1CC1. The lowest BCUT2D eigenvalue weighted by molar-refractivity contribution is 0.0470. The molecular formula is C20H27N5O2. The maximum atomic E-state index is 9.36. The van der Waals surface area contributed by atoms with Crippen LogP contribution in [0.5, 0.6) is 11.5 Å². The molecule has 4 rings (SSSR count). The number of hydrogen-bond donors (Lipinski definition) is 2. The van der Waals surface area contributed by atoms with Crippen molar-refractivity contribution in [2.45, 2.75) is 37.8 Å². The molecule has 0 radical (unpaired) electrons. The fourth-order valence-electron chi connectivity index (χ4n) is 3.73. The number of nitrogens with zero attached hydrogens (tertiary/aromatic N) is 3. The maximum Gasteiger partial charge on any atom is 0.204 e. The van der Waals surface area contributed by atoms with Crippen molar-refractivity contribution in [1.29, 1.82) is 10.7 Å². The van der Waals surface area contributed by atoms with Gasteiger partial charge in [-0.1, -0.05) is 12.1 Å². The third-order valence-corrected chi connectivity index (χ3v) is 5.49. The second-order valence-electron chi connectivity index (χ2n) is 7.72. The highest BCUT2D eigenvalue weighted by Gasteiger charge is 2.28. The van der Waals surface area contributed by atoms with Crippen LogP contribution in [0.25, 0.3) is 0 Å². The summed E-state index contributed by atoms with van der Waals surface area (Å²) in [5.41, 5.74) is 0. The molecule has 2 heterocycles. The van der Waals surface area contributed by atoms with E-state index < -0.39 is 0 Å².